The van der Waals surface area contributed by atoms with Crippen LogP contribution in [0.5, 0.6) is 5.75 Å². The molecule has 0 atom stereocenters. The summed E-state index contributed by atoms with van der Waals surface area (Å²) < 4.78 is 33.5. The molecule has 4 rings (SSSR count). The van der Waals surface area contributed by atoms with Crippen molar-refractivity contribution in [3.8, 4) is 17.0 Å². The zero-order valence-electron chi connectivity index (χ0n) is 21.8. The number of aromatic nitrogens is 2. The van der Waals surface area contributed by atoms with Crippen molar-refractivity contribution in [2.45, 2.75) is 58.4 Å². The topological polar surface area (TPSA) is 72.7 Å². The molecule has 1 N–H and O–H groups in total. The van der Waals surface area contributed by atoms with Gasteiger partial charge >= 0.3 is 10.1 Å². The van der Waals surface area contributed by atoms with Gasteiger partial charge in [-0.05, 0) is 80.6 Å². The molecule has 196 valence electrons. The minimum atomic E-state index is -4.21. The van der Waals surface area contributed by atoms with E-state index in [2.05, 4.69) is 39.9 Å². The zero-order chi connectivity index (χ0) is 27.2. The molecule has 0 aliphatic heterocycles. The van der Waals surface area contributed by atoms with Crippen LogP contribution in [0.3, 0.4) is 0 Å². The van der Waals surface area contributed by atoms with Crippen LogP contribution in [-0.2, 0) is 10.1 Å². The predicted octanol–water partition coefficient (Wildman–Crippen LogP) is 8.01. The van der Waals surface area contributed by atoms with Gasteiger partial charge in [-0.3, -0.25) is 4.40 Å². The zero-order valence-corrected chi connectivity index (χ0v) is 24.1. The van der Waals surface area contributed by atoms with E-state index in [4.69, 9.17) is 32.4 Å². The van der Waals surface area contributed by atoms with E-state index in [1.165, 1.54) is 18.2 Å². The van der Waals surface area contributed by atoms with Crippen LogP contribution in [0.4, 0.5) is 5.82 Å². The Kier molecular flexibility index (Phi) is 7.27. The third-order valence-corrected chi connectivity index (χ3v) is 7.65. The normalized spacial score (nSPS) is 12.6. The summed E-state index contributed by atoms with van der Waals surface area (Å²) in [5, 5.41) is 3.98. The molecule has 0 saturated carbocycles. The van der Waals surface area contributed by atoms with Gasteiger partial charge in [0.05, 0.1) is 5.02 Å². The number of fused-ring (bicyclic) bond motifs is 1. The molecule has 2 aromatic heterocycles. The summed E-state index contributed by atoms with van der Waals surface area (Å²) >= 11 is 12.1. The molecule has 2 heterocycles. The van der Waals surface area contributed by atoms with Crippen LogP contribution >= 0.6 is 23.2 Å². The standard InChI is InChI=1S/C28H31Cl2N3O3S/c1-18-12-13-33-24(14-18)31-25(26(33)32-28(5,6)17-27(2,3)4)19-8-7-9-21(15-19)36-37(34,35)23-16-20(29)10-11-22(23)30/h7-16,32H,17H2,1-6H3. The summed E-state index contributed by atoms with van der Waals surface area (Å²) in [6.07, 6.45) is 2.91. The number of imidazole rings is 1. The lowest BCUT2D eigenvalue weighted by atomic mass is 9.82. The minimum Gasteiger partial charge on any atom is -0.379 e. The molecule has 6 nitrogen and oxygen atoms in total. The van der Waals surface area contributed by atoms with Crippen molar-refractivity contribution in [1.29, 1.82) is 0 Å². The van der Waals surface area contributed by atoms with E-state index >= 15 is 0 Å². The average molecular weight is 561 g/mol. The highest BCUT2D eigenvalue weighted by atomic mass is 35.5. The fourth-order valence-electron chi connectivity index (χ4n) is 4.69. The number of aryl methyl sites for hydroxylation is 1. The number of benzene rings is 2. The van der Waals surface area contributed by atoms with Gasteiger partial charge in [0.1, 0.15) is 27.8 Å². The molecule has 0 aliphatic rings. The highest BCUT2D eigenvalue weighted by Crippen LogP contribution is 2.36. The molecule has 37 heavy (non-hydrogen) atoms. The Bertz CT molecular complexity index is 1570. The highest BCUT2D eigenvalue weighted by Gasteiger charge is 2.28. The van der Waals surface area contributed by atoms with Gasteiger partial charge in [0, 0.05) is 22.3 Å². The predicted molar refractivity (Wildman–Crippen MR) is 151 cm³/mol. The number of hydrogen-bond acceptors (Lipinski definition) is 5. The number of nitrogens with one attached hydrogen (secondary N) is 1. The van der Waals surface area contributed by atoms with E-state index < -0.39 is 10.1 Å². The number of pyridine rings is 1. The van der Waals surface area contributed by atoms with Crippen LogP contribution in [-0.4, -0.2) is 23.3 Å². The second-order valence-electron chi connectivity index (χ2n) is 11.1. The van der Waals surface area contributed by atoms with Gasteiger partial charge < -0.3 is 9.50 Å². The molecule has 0 unspecified atom stereocenters. The Labute approximate surface area is 228 Å². The van der Waals surface area contributed by atoms with E-state index in [0.29, 0.717) is 11.3 Å². The SMILES string of the molecule is Cc1ccn2c(NC(C)(C)CC(C)(C)C)c(-c3cccc(OS(=O)(=O)c4cc(Cl)ccc4Cl)c3)nc2c1. The molecule has 2 aromatic carbocycles. The average Bonchev–Trinajstić information content (AvgIpc) is 3.10. The first-order chi connectivity index (χ1) is 17.1. The van der Waals surface area contributed by atoms with Gasteiger partial charge in [-0.1, -0.05) is 56.1 Å². The van der Waals surface area contributed by atoms with E-state index in [9.17, 15) is 8.42 Å². The number of anilines is 1. The largest absolute Gasteiger partial charge is 0.379 e. The molecule has 0 saturated heterocycles. The van der Waals surface area contributed by atoms with E-state index in [0.717, 1.165) is 23.4 Å². The monoisotopic (exact) mass is 559 g/mol. The van der Waals surface area contributed by atoms with E-state index in [-0.39, 0.29) is 31.6 Å². The molecule has 0 spiro atoms. The fraction of sp³-hybridized carbons (Fsp3) is 0.321. The van der Waals surface area contributed by atoms with Crippen molar-refractivity contribution in [2.75, 3.05) is 5.32 Å². The molecular formula is C28H31Cl2N3O3S. The number of halogens is 2. The van der Waals surface area contributed by atoms with Crippen LogP contribution in [0, 0.1) is 12.3 Å². The van der Waals surface area contributed by atoms with Gasteiger partial charge in [-0.25, -0.2) is 4.98 Å². The molecule has 0 amide bonds. The first-order valence-corrected chi connectivity index (χ1v) is 14.1. The van der Waals surface area contributed by atoms with Crippen molar-refractivity contribution < 1.29 is 12.6 Å². The molecule has 0 aliphatic carbocycles. The van der Waals surface area contributed by atoms with Crippen molar-refractivity contribution in [2.24, 2.45) is 5.41 Å². The minimum absolute atomic E-state index is 0.0313. The summed E-state index contributed by atoms with van der Waals surface area (Å²) in [5.74, 6) is 0.962. The lowest BCUT2D eigenvalue weighted by Crippen LogP contribution is -2.36. The van der Waals surface area contributed by atoms with Crippen LogP contribution in [0.15, 0.2) is 65.7 Å². The molecule has 4 aromatic rings. The fourth-order valence-corrected chi connectivity index (χ4v) is 6.36. The van der Waals surface area contributed by atoms with Crippen LogP contribution < -0.4 is 9.50 Å². The van der Waals surface area contributed by atoms with E-state index in [1.807, 2.05) is 35.7 Å². The summed E-state index contributed by atoms with van der Waals surface area (Å²) in [4.78, 5) is 4.71. The maximum absolute atomic E-state index is 13.0. The quantitative estimate of drug-likeness (QED) is 0.232. The third kappa shape index (κ3) is 6.40. The van der Waals surface area contributed by atoms with Crippen LogP contribution in [0.1, 0.15) is 46.6 Å². The molecular weight excluding hydrogens is 529 g/mol. The lowest BCUT2D eigenvalue weighted by molar-refractivity contribution is 0.302. The lowest BCUT2D eigenvalue weighted by Gasteiger charge is -2.34. The third-order valence-electron chi connectivity index (χ3n) is 5.69. The Morgan fingerprint density at radius 2 is 1.73 bits per heavy atom. The first kappa shape index (κ1) is 27.3. The van der Waals surface area contributed by atoms with Gasteiger partial charge in [0.15, 0.2) is 0 Å². The second-order valence-corrected chi connectivity index (χ2v) is 13.5. The van der Waals surface area contributed by atoms with Crippen LogP contribution in [0.25, 0.3) is 16.9 Å². The van der Waals surface area contributed by atoms with Gasteiger partial charge in [-0.2, -0.15) is 8.42 Å². The Morgan fingerprint density at radius 1 is 1.00 bits per heavy atom. The summed E-state index contributed by atoms with van der Waals surface area (Å²) in [6, 6.07) is 15.1. The molecule has 0 fully saturated rings. The molecule has 9 heteroatoms. The van der Waals surface area contributed by atoms with Gasteiger partial charge in [-0.15, -0.1) is 0 Å². The molecule has 0 radical (unpaired) electrons. The molecule has 0 bridgehead atoms. The van der Waals surface area contributed by atoms with Gasteiger partial charge in [0.2, 0.25) is 0 Å². The van der Waals surface area contributed by atoms with Crippen molar-refractivity contribution >= 4 is 44.8 Å². The van der Waals surface area contributed by atoms with E-state index in [1.54, 1.807) is 18.2 Å². The number of nitrogens with zero attached hydrogens (tertiary/aromatic N) is 2. The van der Waals surface area contributed by atoms with Crippen molar-refractivity contribution in [3.05, 3.63) is 76.4 Å². The van der Waals surface area contributed by atoms with Crippen LogP contribution in [0.2, 0.25) is 10.0 Å². The summed E-state index contributed by atoms with van der Waals surface area (Å²) in [6.45, 7) is 13.0. The number of hydrogen-bond donors (Lipinski definition) is 1. The van der Waals surface area contributed by atoms with Gasteiger partial charge in [0.25, 0.3) is 0 Å². The Hall–Kier alpha value is -2.74. The Morgan fingerprint density at radius 3 is 2.43 bits per heavy atom. The maximum Gasteiger partial charge on any atom is 0.340 e. The summed E-state index contributed by atoms with van der Waals surface area (Å²) in [5.41, 5.74) is 3.14. The highest BCUT2D eigenvalue weighted by molar-refractivity contribution is 7.87. The second kappa shape index (κ2) is 9.86. The smallest absolute Gasteiger partial charge is 0.340 e. The number of rotatable bonds is 7. The maximum atomic E-state index is 13.0. The summed E-state index contributed by atoms with van der Waals surface area (Å²) in [7, 11) is -4.21. The Balaban J connectivity index is 1.77. The first-order valence-electron chi connectivity index (χ1n) is 11.9. The van der Waals surface area contributed by atoms with Crippen molar-refractivity contribution in [1.82, 2.24) is 9.38 Å². The van der Waals surface area contributed by atoms with Crippen molar-refractivity contribution in [3.63, 3.8) is 0 Å².